The molecule has 0 N–H and O–H groups in total. The SMILES string of the molecule is COc1ccc(C)c2cc(C(C)=O)n(C)c12. The van der Waals surface area contributed by atoms with E-state index in [-0.39, 0.29) is 5.78 Å². The summed E-state index contributed by atoms with van der Waals surface area (Å²) in [5, 5.41) is 1.08. The summed E-state index contributed by atoms with van der Waals surface area (Å²) in [7, 11) is 3.53. The van der Waals surface area contributed by atoms with Crippen molar-refractivity contribution in [1.29, 1.82) is 0 Å². The quantitative estimate of drug-likeness (QED) is 0.724. The molecule has 1 aromatic heterocycles. The minimum Gasteiger partial charge on any atom is -0.495 e. The van der Waals surface area contributed by atoms with Gasteiger partial charge in [0.15, 0.2) is 5.78 Å². The van der Waals surface area contributed by atoms with E-state index in [0.717, 1.165) is 22.2 Å². The number of Topliss-reactive ketones (excluding diaryl/α,β-unsaturated/α-hetero) is 1. The lowest BCUT2D eigenvalue weighted by molar-refractivity contribution is 0.101. The molecule has 0 aliphatic rings. The highest BCUT2D eigenvalue weighted by Gasteiger charge is 2.14. The summed E-state index contributed by atoms with van der Waals surface area (Å²) in [5.41, 5.74) is 2.84. The van der Waals surface area contributed by atoms with E-state index in [0.29, 0.717) is 5.69 Å². The Morgan fingerprint density at radius 1 is 1.38 bits per heavy atom. The average Bonchev–Trinajstić information content (AvgIpc) is 2.59. The number of aromatic nitrogens is 1. The van der Waals surface area contributed by atoms with Crippen molar-refractivity contribution in [1.82, 2.24) is 4.57 Å². The molecule has 2 aromatic rings. The normalized spacial score (nSPS) is 10.8. The van der Waals surface area contributed by atoms with Crippen LogP contribution in [0.2, 0.25) is 0 Å². The molecule has 3 nitrogen and oxygen atoms in total. The average molecular weight is 217 g/mol. The van der Waals surface area contributed by atoms with Gasteiger partial charge in [-0.05, 0) is 24.6 Å². The van der Waals surface area contributed by atoms with E-state index in [2.05, 4.69) is 0 Å². The molecule has 0 aliphatic carbocycles. The Hall–Kier alpha value is -1.77. The van der Waals surface area contributed by atoms with Crippen LogP contribution in [0, 0.1) is 6.92 Å². The fourth-order valence-corrected chi connectivity index (χ4v) is 2.07. The molecular formula is C13H15NO2. The van der Waals surface area contributed by atoms with Gasteiger partial charge in [-0.2, -0.15) is 0 Å². The maximum absolute atomic E-state index is 11.5. The van der Waals surface area contributed by atoms with Crippen molar-refractivity contribution in [2.75, 3.05) is 7.11 Å². The molecule has 0 amide bonds. The number of ketones is 1. The summed E-state index contributed by atoms with van der Waals surface area (Å²) in [4.78, 5) is 11.5. The van der Waals surface area contributed by atoms with Gasteiger partial charge in [-0.25, -0.2) is 0 Å². The Bertz CT molecular complexity index is 567. The first-order valence-electron chi connectivity index (χ1n) is 5.20. The number of hydrogen-bond donors (Lipinski definition) is 0. The van der Waals surface area contributed by atoms with Gasteiger partial charge in [-0.1, -0.05) is 6.07 Å². The molecular weight excluding hydrogens is 202 g/mol. The largest absolute Gasteiger partial charge is 0.495 e. The second-order valence-electron chi connectivity index (χ2n) is 3.99. The van der Waals surface area contributed by atoms with Crippen LogP contribution in [0.4, 0.5) is 0 Å². The van der Waals surface area contributed by atoms with Crippen molar-refractivity contribution in [3.05, 3.63) is 29.5 Å². The molecule has 0 unspecified atom stereocenters. The third-order valence-corrected chi connectivity index (χ3v) is 2.96. The fraction of sp³-hybridized carbons (Fsp3) is 0.308. The van der Waals surface area contributed by atoms with E-state index < -0.39 is 0 Å². The highest BCUT2D eigenvalue weighted by Crippen LogP contribution is 2.30. The van der Waals surface area contributed by atoms with Gasteiger partial charge in [-0.15, -0.1) is 0 Å². The standard InChI is InChI=1S/C13H15NO2/c1-8-5-6-12(16-4)13-10(8)7-11(9(2)15)14(13)3/h5-7H,1-4H3. The second-order valence-corrected chi connectivity index (χ2v) is 3.99. The Morgan fingerprint density at radius 3 is 2.62 bits per heavy atom. The highest BCUT2D eigenvalue weighted by molar-refractivity contribution is 6.01. The van der Waals surface area contributed by atoms with E-state index in [9.17, 15) is 4.79 Å². The Labute approximate surface area is 94.6 Å². The summed E-state index contributed by atoms with van der Waals surface area (Å²) in [6.45, 7) is 3.61. The minimum atomic E-state index is 0.0696. The molecule has 2 rings (SSSR count). The van der Waals surface area contributed by atoms with Gasteiger partial charge >= 0.3 is 0 Å². The maximum Gasteiger partial charge on any atom is 0.176 e. The minimum absolute atomic E-state index is 0.0696. The van der Waals surface area contributed by atoms with Crippen LogP contribution in [0.25, 0.3) is 10.9 Å². The topological polar surface area (TPSA) is 31.2 Å². The van der Waals surface area contributed by atoms with E-state index in [4.69, 9.17) is 4.74 Å². The lowest BCUT2D eigenvalue weighted by atomic mass is 10.1. The van der Waals surface area contributed by atoms with E-state index in [1.807, 2.05) is 36.7 Å². The van der Waals surface area contributed by atoms with Crippen molar-refractivity contribution in [3.63, 3.8) is 0 Å². The van der Waals surface area contributed by atoms with Crippen molar-refractivity contribution in [2.24, 2.45) is 7.05 Å². The number of hydrogen-bond acceptors (Lipinski definition) is 2. The molecule has 0 saturated heterocycles. The number of ether oxygens (including phenoxy) is 1. The van der Waals surface area contributed by atoms with Crippen LogP contribution in [0.5, 0.6) is 5.75 Å². The zero-order valence-electron chi connectivity index (χ0n) is 10.00. The third-order valence-electron chi connectivity index (χ3n) is 2.96. The number of rotatable bonds is 2. The number of carbonyl (C=O) groups is 1. The summed E-state index contributed by atoms with van der Waals surface area (Å²) >= 11 is 0. The molecule has 0 bridgehead atoms. The third kappa shape index (κ3) is 1.40. The summed E-state index contributed by atoms with van der Waals surface area (Å²) in [5.74, 6) is 0.871. The van der Waals surface area contributed by atoms with Crippen LogP contribution in [0.1, 0.15) is 23.0 Å². The first-order chi connectivity index (χ1) is 7.56. The molecule has 3 heteroatoms. The molecule has 84 valence electrons. The van der Waals surface area contributed by atoms with Crippen LogP contribution >= 0.6 is 0 Å². The van der Waals surface area contributed by atoms with Crippen molar-refractivity contribution >= 4 is 16.7 Å². The molecule has 16 heavy (non-hydrogen) atoms. The van der Waals surface area contributed by atoms with Crippen LogP contribution in [0.15, 0.2) is 18.2 Å². The predicted molar refractivity (Wildman–Crippen MR) is 64.2 cm³/mol. The first-order valence-corrected chi connectivity index (χ1v) is 5.20. The molecule has 0 radical (unpaired) electrons. The second kappa shape index (κ2) is 3.67. The van der Waals surface area contributed by atoms with E-state index in [1.165, 1.54) is 0 Å². The highest BCUT2D eigenvalue weighted by atomic mass is 16.5. The van der Waals surface area contributed by atoms with Gasteiger partial charge in [0.1, 0.15) is 5.75 Å². The van der Waals surface area contributed by atoms with Crippen molar-refractivity contribution in [3.8, 4) is 5.75 Å². The molecule has 1 aromatic carbocycles. The van der Waals surface area contributed by atoms with E-state index in [1.54, 1.807) is 14.0 Å². The van der Waals surface area contributed by atoms with Gasteiger partial charge in [0.2, 0.25) is 0 Å². The number of carbonyl (C=O) groups excluding carboxylic acids is 1. The molecule has 0 fully saturated rings. The number of methoxy groups -OCH3 is 1. The monoisotopic (exact) mass is 217 g/mol. The number of aryl methyl sites for hydroxylation is 2. The Kier molecular flexibility index (Phi) is 2.46. The lowest BCUT2D eigenvalue weighted by Crippen LogP contribution is -2.01. The smallest absolute Gasteiger partial charge is 0.176 e. The molecule has 1 heterocycles. The number of benzene rings is 1. The van der Waals surface area contributed by atoms with Crippen LogP contribution in [0.3, 0.4) is 0 Å². The van der Waals surface area contributed by atoms with Gasteiger partial charge in [0, 0.05) is 19.4 Å². The van der Waals surface area contributed by atoms with Crippen molar-refractivity contribution < 1.29 is 9.53 Å². The zero-order chi connectivity index (χ0) is 11.9. The van der Waals surface area contributed by atoms with Crippen molar-refractivity contribution in [2.45, 2.75) is 13.8 Å². The first kappa shape index (κ1) is 10.7. The van der Waals surface area contributed by atoms with Gasteiger partial charge in [-0.3, -0.25) is 4.79 Å². The van der Waals surface area contributed by atoms with Gasteiger partial charge in [0.25, 0.3) is 0 Å². The van der Waals surface area contributed by atoms with E-state index >= 15 is 0 Å². The molecule has 0 saturated carbocycles. The maximum atomic E-state index is 11.5. The summed E-state index contributed by atoms with van der Waals surface area (Å²) < 4.78 is 7.22. The van der Waals surface area contributed by atoms with Crippen LogP contribution in [-0.4, -0.2) is 17.5 Å². The molecule has 0 atom stereocenters. The zero-order valence-corrected chi connectivity index (χ0v) is 10.00. The lowest BCUT2D eigenvalue weighted by Gasteiger charge is -2.07. The van der Waals surface area contributed by atoms with Crippen LogP contribution < -0.4 is 4.74 Å². The fourth-order valence-electron chi connectivity index (χ4n) is 2.07. The number of fused-ring (bicyclic) bond motifs is 1. The predicted octanol–water partition coefficient (Wildman–Crippen LogP) is 2.70. The molecule has 0 spiro atoms. The van der Waals surface area contributed by atoms with Gasteiger partial charge in [0.05, 0.1) is 18.3 Å². The molecule has 0 aliphatic heterocycles. The number of nitrogens with zero attached hydrogens (tertiary/aromatic N) is 1. The Balaban J connectivity index is 2.89. The summed E-state index contributed by atoms with van der Waals surface area (Å²) in [6.07, 6.45) is 0. The Morgan fingerprint density at radius 2 is 2.06 bits per heavy atom. The van der Waals surface area contributed by atoms with Crippen LogP contribution in [-0.2, 0) is 7.05 Å². The summed E-state index contributed by atoms with van der Waals surface area (Å²) in [6, 6.07) is 5.86. The van der Waals surface area contributed by atoms with Gasteiger partial charge < -0.3 is 9.30 Å².